The van der Waals surface area contributed by atoms with Crippen molar-refractivity contribution >= 4 is 23.4 Å². The minimum absolute atomic E-state index is 0.0320. The fraction of sp³-hybridized carbons (Fsp3) is 0.609. The number of nitrogens with one attached hydrogen (secondary N) is 2. The zero-order chi connectivity index (χ0) is 58.0. The van der Waals surface area contributed by atoms with Gasteiger partial charge >= 0.3 is 11.9 Å². The van der Waals surface area contributed by atoms with Gasteiger partial charge in [0.2, 0.25) is 0 Å². The van der Waals surface area contributed by atoms with Crippen LogP contribution in [-0.4, -0.2) is 111 Å². The van der Waals surface area contributed by atoms with E-state index in [-0.39, 0.29) is 85.7 Å². The first-order chi connectivity index (χ1) is 40.0. The molecule has 9 aliphatic rings. The first kappa shape index (κ1) is 58.0. The third-order valence-corrected chi connectivity index (χ3v) is 21.9. The predicted octanol–water partition coefficient (Wildman–Crippen LogP) is 8.89. The van der Waals surface area contributed by atoms with E-state index in [1.165, 1.54) is 14.0 Å². The Labute approximate surface area is 488 Å². The summed E-state index contributed by atoms with van der Waals surface area (Å²) < 4.78 is 18.7. The largest absolute Gasteiger partial charge is 0.507 e. The lowest BCUT2D eigenvalue weighted by Gasteiger charge is -2.58. The molecule has 3 heterocycles. The van der Waals surface area contributed by atoms with E-state index in [2.05, 4.69) is 52.8 Å². The highest BCUT2D eigenvalue weighted by molar-refractivity contribution is 5.89. The highest BCUT2D eigenvalue weighted by Crippen LogP contribution is 2.59. The van der Waals surface area contributed by atoms with Crippen LogP contribution < -0.4 is 15.4 Å². The number of methoxy groups -OCH3 is 1. The molecule has 14 atom stereocenters. The molecule has 1 spiro atoms. The van der Waals surface area contributed by atoms with Crippen molar-refractivity contribution in [3.63, 3.8) is 0 Å². The molecule has 14 heteroatoms. The number of allylic oxidation sites excluding steroid dienone is 2. The van der Waals surface area contributed by atoms with E-state index in [9.17, 15) is 40.2 Å². The van der Waals surface area contributed by atoms with E-state index in [4.69, 9.17) is 14.2 Å². The van der Waals surface area contributed by atoms with Gasteiger partial charge in [-0.2, -0.15) is 0 Å². The normalized spacial score (nSPS) is 34.0. The van der Waals surface area contributed by atoms with Gasteiger partial charge in [-0.3, -0.25) is 9.59 Å². The smallest absolute Gasteiger partial charge is 0.334 e. The number of phenolic OH excluding ortho intramolecular Hbond substituents is 1. The van der Waals surface area contributed by atoms with E-state index in [1.807, 2.05) is 31.3 Å². The van der Waals surface area contributed by atoms with Gasteiger partial charge in [-0.1, -0.05) is 92.8 Å². The molecular weight excluding hydrogens is 1050 g/mol. The van der Waals surface area contributed by atoms with Crippen LogP contribution >= 0.6 is 0 Å². The molecule has 0 radical (unpaired) electrons. The number of ketones is 1. The van der Waals surface area contributed by atoms with Crippen LogP contribution in [0.25, 0.3) is 0 Å². The number of ether oxygens (including phenoxy) is 3. The number of carbonyl (C=O) groups excluding carboxylic acids is 3. The minimum atomic E-state index is -1.68. The number of aromatic hydroxyl groups is 1. The SMILES string of the molecule is CN[C@H]1CCc2c(NC[C@@](C)(O)[C@H](O)COC)cc([C@@H]3C#C[C@@H]4CC(=O)Oc5c4cc(c(O)c5C4CCCCC4)C[C@H]4OC(=O)/C(=C\[C@H](O)C5(CCCCC5)c5cccc(c5)C[C@H]5C(=O)CC[C@H]6[C@@H]5C[C@@H]5C=CCC[C@@H]5[C@@]46O)C3)cc2[C@@H]1O. The highest BCUT2D eigenvalue weighted by Gasteiger charge is 2.62. The molecular formula is C69H86N2O12. The number of aliphatic hydroxyl groups is 5. The van der Waals surface area contributed by atoms with Gasteiger partial charge in [-0.25, -0.2) is 4.79 Å². The molecule has 3 aromatic carbocycles. The Balaban J connectivity index is 1.11. The Bertz CT molecular complexity index is 3100. The van der Waals surface area contributed by atoms with Gasteiger partial charge in [0.05, 0.1) is 31.2 Å². The molecule has 10 bridgehead atoms. The second kappa shape index (κ2) is 23.5. The van der Waals surface area contributed by atoms with E-state index >= 15 is 4.79 Å². The Morgan fingerprint density at radius 3 is 2.45 bits per heavy atom. The number of phenols is 1. The van der Waals surface area contributed by atoms with Crippen molar-refractivity contribution in [3.8, 4) is 23.3 Å². The van der Waals surface area contributed by atoms with Gasteiger partial charge in [-0.05, 0) is 172 Å². The molecule has 444 valence electrons. The minimum Gasteiger partial charge on any atom is -0.507 e. The quantitative estimate of drug-likeness (QED) is 0.0434. The number of Topliss-reactive ketones (excluding diaryl/α,β-unsaturated/α-hetero) is 1. The summed E-state index contributed by atoms with van der Waals surface area (Å²) in [6.45, 7) is 1.35. The third kappa shape index (κ3) is 10.7. The van der Waals surface area contributed by atoms with Crippen molar-refractivity contribution in [1.82, 2.24) is 5.32 Å². The second-order valence-corrected chi connectivity index (χ2v) is 26.7. The summed E-state index contributed by atoms with van der Waals surface area (Å²) in [5.41, 5.74) is 2.34. The summed E-state index contributed by atoms with van der Waals surface area (Å²) in [5, 5.41) is 82.4. The highest BCUT2D eigenvalue weighted by atomic mass is 16.6. The number of likely N-dealkylation sites (N-methyl/N-ethyl adjacent to an activating group) is 1. The van der Waals surface area contributed by atoms with Crippen LogP contribution in [-0.2, 0) is 48.5 Å². The molecule has 14 nitrogen and oxygen atoms in total. The van der Waals surface area contributed by atoms with Crippen LogP contribution in [0.5, 0.6) is 11.5 Å². The number of carbonyl (C=O) groups is 3. The number of esters is 2. The summed E-state index contributed by atoms with van der Waals surface area (Å²) in [5.74, 6) is 3.14. The maximum atomic E-state index is 16.3. The molecule has 6 aliphatic carbocycles. The average molecular weight is 1140 g/mol. The number of hydrogen-bond acceptors (Lipinski definition) is 14. The number of aliphatic hydroxyl groups excluding tert-OH is 3. The van der Waals surface area contributed by atoms with Crippen molar-refractivity contribution in [3.05, 3.63) is 111 Å². The molecule has 0 unspecified atom stereocenters. The van der Waals surface area contributed by atoms with E-state index < -0.39 is 76.6 Å². The maximum absolute atomic E-state index is 16.3. The molecule has 8 N–H and O–H groups in total. The summed E-state index contributed by atoms with van der Waals surface area (Å²) in [6.07, 6.45) is 14.0. The number of benzene rings is 3. The Hall–Kier alpha value is -5.37. The number of fused-ring (bicyclic) bond motifs is 11. The fourth-order valence-electron chi connectivity index (χ4n) is 17.3. The molecule has 83 heavy (non-hydrogen) atoms. The molecule has 12 rings (SSSR count). The molecule has 0 saturated heterocycles. The van der Waals surface area contributed by atoms with Gasteiger partial charge < -0.3 is 55.5 Å². The van der Waals surface area contributed by atoms with Crippen molar-refractivity contribution < 1.29 is 59.2 Å². The first-order valence-electron chi connectivity index (χ1n) is 31.4. The zero-order valence-electron chi connectivity index (χ0n) is 48.7. The van der Waals surface area contributed by atoms with Crippen LogP contribution in [0.15, 0.2) is 66.3 Å². The summed E-state index contributed by atoms with van der Waals surface area (Å²) in [6, 6.07) is 13.8. The van der Waals surface area contributed by atoms with Crippen LogP contribution in [0, 0.1) is 41.4 Å². The lowest BCUT2D eigenvalue weighted by molar-refractivity contribution is -0.221. The standard InChI is InChI=1S/C69H86N2O12/c1-67(79,59(74)37-81-3)38-71-56-33-44(31-52-48(56)21-23-55(70-2)64(52)77)41-19-20-42-36-61(75)83-65-49(42)32-45(63(76)62(65)40-14-6-4-7-15-40)35-60-69(80)53-18-9-8-16-43(53)30-50-51(57(72)24-22-54(50)69)28-39-13-12-17-47(27-39)68(25-10-5-11-26-68)58(73)34-46(29-41)66(78)82-60/h8,12-13,16-17,27,31-34,40-43,50-51,53-55,58-60,64,70-71,73-74,76-77,79-80H,4-7,9-11,14-15,18,21-26,28-30,35-38H2,1-3H3/b46-34-/t41-,42-,43+,50-,51-,53+,54+,55+,58+,59-,60-,64+,67-,69+/m1/s1. The molecule has 4 fully saturated rings. The van der Waals surface area contributed by atoms with Crippen LogP contribution in [0.3, 0.4) is 0 Å². The van der Waals surface area contributed by atoms with Crippen molar-refractivity contribution in [2.45, 2.75) is 207 Å². The van der Waals surface area contributed by atoms with Gasteiger partial charge in [0, 0.05) is 72.2 Å². The average Bonchev–Trinajstić information content (AvgIpc) is 3.73. The molecule has 3 aliphatic heterocycles. The summed E-state index contributed by atoms with van der Waals surface area (Å²) >= 11 is 0. The topological polar surface area (TPSA) is 224 Å². The van der Waals surface area contributed by atoms with Crippen LogP contribution in [0.2, 0.25) is 0 Å². The first-order valence-corrected chi connectivity index (χ1v) is 31.4. The predicted molar refractivity (Wildman–Crippen MR) is 314 cm³/mol. The van der Waals surface area contributed by atoms with Crippen LogP contribution in [0.4, 0.5) is 5.69 Å². The number of anilines is 1. The van der Waals surface area contributed by atoms with Crippen LogP contribution in [0.1, 0.15) is 191 Å². The van der Waals surface area contributed by atoms with Crippen molar-refractivity contribution in [2.75, 3.05) is 32.6 Å². The lowest BCUT2D eigenvalue weighted by atomic mass is 9.49. The summed E-state index contributed by atoms with van der Waals surface area (Å²) in [7, 11) is 3.27. The monoisotopic (exact) mass is 1130 g/mol. The van der Waals surface area contributed by atoms with Crippen molar-refractivity contribution in [2.24, 2.45) is 29.6 Å². The fourth-order valence-corrected chi connectivity index (χ4v) is 17.3. The van der Waals surface area contributed by atoms with E-state index in [1.54, 1.807) is 6.08 Å². The van der Waals surface area contributed by atoms with Gasteiger partial charge in [0.25, 0.3) is 0 Å². The van der Waals surface area contributed by atoms with E-state index in [0.717, 1.165) is 68.1 Å². The van der Waals surface area contributed by atoms with Gasteiger partial charge in [-0.15, -0.1) is 0 Å². The lowest BCUT2D eigenvalue weighted by Crippen LogP contribution is -2.65. The maximum Gasteiger partial charge on any atom is 0.334 e. The Morgan fingerprint density at radius 1 is 0.880 bits per heavy atom. The molecule has 0 aromatic heterocycles. The Kier molecular flexibility index (Phi) is 16.4. The zero-order valence-corrected chi connectivity index (χ0v) is 48.7. The summed E-state index contributed by atoms with van der Waals surface area (Å²) in [4.78, 5) is 45.1. The number of hydrogen-bond donors (Lipinski definition) is 8. The molecule has 4 saturated carbocycles. The van der Waals surface area contributed by atoms with Gasteiger partial charge in [0.1, 0.15) is 40.7 Å². The molecule has 0 amide bonds. The van der Waals surface area contributed by atoms with E-state index in [0.29, 0.717) is 97.0 Å². The third-order valence-electron chi connectivity index (χ3n) is 21.9. The van der Waals surface area contributed by atoms with Gasteiger partial charge in [0.15, 0.2) is 0 Å². The Morgan fingerprint density at radius 2 is 1.66 bits per heavy atom. The second-order valence-electron chi connectivity index (χ2n) is 26.7. The van der Waals surface area contributed by atoms with Crippen molar-refractivity contribution in [1.29, 1.82) is 0 Å². The molecule has 3 aromatic rings. The number of rotatable bonds is 9.